The number of carbonyl (C=O) groups excluding carboxylic acids is 1. The monoisotopic (exact) mass is 510 g/mol. The van der Waals surface area contributed by atoms with E-state index in [0.29, 0.717) is 24.7 Å². The van der Waals surface area contributed by atoms with E-state index < -0.39 is 6.09 Å². The van der Waals surface area contributed by atoms with E-state index in [4.69, 9.17) is 4.74 Å². The fourth-order valence-corrected chi connectivity index (χ4v) is 6.71. The van der Waals surface area contributed by atoms with Crippen molar-refractivity contribution in [3.8, 4) is 0 Å². The van der Waals surface area contributed by atoms with Gasteiger partial charge in [0.2, 0.25) is 0 Å². The van der Waals surface area contributed by atoms with Gasteiger partial charge in [0.1, 0.15) is 0 Å². The number of anilines is 1. The lowest BCUT2D eigenvalue weighted by molar-refractivity contribution is 0.0791. The minimum atomic E-state index is -0.865. The molecule has 1 N–H and O–H groups in total. The zero-order valence-electron chi connectivity index (χ0n) is 21.5. The molecule has 0 spiro atoms. The lowest BCUT2D eigenvalue weighted by Gasteiger charge is -2.47. The van der Waals surface area contributed by atoms with Crippen LogP contribution >= 0.6 is 0 Å². The maximum absolute atomic E-state index is 13.7. The highest BCUT2D eigenvalue weighted by Crippen LogP contribution is 2.54. The average Bonchev–Trinajstić information content (AvgIpc) is 3.53. The Morgan fingerprint density at radius 3 is 2.39 bits per heavy atom. The van der Waals surface area contributed by atoms with Crippen molar-refractivity contribution in [2.75, 3.05) is 11.5 Å². The van der Waals surface area contributed by atoms with Gasteiger partial charge in [-0.05, 0) is 60.9 Å². The van der Waals surface area contributed by atoms with Crippen LogP contribution in [0, 0.1) is 11.8 Å². The normalized spacial score (nSPS) is 25.4. The van der Waals surface area contributed by atoms with Gasteiger partial charge in [-0.25, -0.2) is 4.79 Å². The summed E-state index contributed by atoms with van der Waals surface area (Å²) in [7, 11) is 0. The Bertz CT molecular complexity index is 1280. The number of para-hydroxylation sites is 1. The first-order valence-electron chi connectivity index (χ1n) is 13.7. The van der Waals surface area contributed by atoms with Gasteiger partial charge in [0.25, 0.3) is 5.91 Å². The Morgan fingerprint density at radius 1 is 0.921 bits per heavy atom. The van der Waals surface area contributed by atoms with Crippen molar-refractivity contribution in [3.63, 3.8) is 0 Å². The molecule has 6 heteroatoms. The minimum Gasteiger partial charge on any atom is -0.465 e. The van der Waals surface area contributed by atoms with Crippen molar-refractivity contribution in [2.45, 2.75) is 56.8 Å². The van der Waals surface area contributed by atoms with Crippen LogP contribution in [0.3, 0.4) is 0 Å². The zero-order chi connectivity index (χ0) is 26.1. The summed E-state index contributed by atoms with van der Waals surface area (Å²) in [6, 6.07) is 27.2. The quantitative estimate of drug-likeness (QED) is 0.350. The predicted molar refractivity (Wildman–Crippen MR) is 146 cm³/mol. The highest BCUT2D eigenvalue weighted by molar-refractivity contribution is 6.07. The number of nitrogens with zero attached hydrogens (tertiary/aromatic N) is 2. The summed E-state index contributed by atoms with van der Waals surface area (Å²) >= 11 is 0. The summed E-state index contributed by atoms with van der Waals surface area (Å²) in [6.45, 7) is 1.20. The molecule has 1 heterocycles. The van der Waals surface area contributed by atoms with Crippen LogP contribution in [0.15, 0.2) is 84.9 Å². The molecule has 6 nitrogen and oxygen atoms in total. The Hall–Kier alpha value is -3.64. The second-order valence-electron chi connectivity index (χ2n) is 10.8. The van der Waals surface area contributed by atoms with E-state index in [9.17, 15) is 14.7 Å². The SMILES string of the molecule is O=C(c1ccccc1)N1c2ccccc2[C@H](N(C(=O)O)C2CC2CCOCc2ccccc2)[C@H]2CCC[C@H]21. The summed E-state index contributed by atoms with van der Waals surface area (Å²) in [6.07, 6.45) is 3.65. The number of fused-ring (bicyclic) bond motifs is 2. The van der Waals surface area contributed by atoms with Crippen molar-refractivity contribution in [3.05, 3.63) is 102 Å². The van der Waals surface area contributed by atoms with Crippen LogP contribution in [-0.2, 0) is 11.3 Å². The molecule has 3 aromatic carbocycles. The second kappa shape index (κ2) is 10.6. The number of hydrogen-bond donors (Lipinski definition) is 1. The number of ether oxygens (including phenoxy) is 1. The number of carboxylic acid groups (broad SMARTS) is 1. The summed E-state index contributed by atoms with van der Waals surface area (Å²) in [5, 5.41) is 10.5. The maximum atomic E-state index is 13.7. The smallest absolute Gasteiger partial charge is 0.408 e. The van der Waals surface area contributed by atoms with Crippen LogP contribution in [0.1, 0.15) is 59.6 Å². The van der Waals surface area contributed by atoms with E-state index in [1.54, 1.807) is 4.90 Å². The maximum Gasteiger partial charge on any atom is 0.408 e. The molecule has 6 rings (SSSR count). The molecule has 0 radical (unpaired) electrons. The molecule has 0 saturated heterocycles. The lowest BCUT2D eigenvalue weighted by Crippen LogP contribution is -2.52. The van der Waals surface area contributed by atoms with E-state index in [2.05, 4.69) is 12.1 Å². The largest absolute Gasteiger partial charge is 0.465 e. The molecule has 0 aromatic heterocycles. The van der Waals surface area contributed by atoms with Gasteiger partial charge in [-0.1, -0.05) is 73.2 Å². The number of carbonyl (C=O) groups is 2. The van der Waals surface area contributed by atoms with E-state index in [1.165, 1.54) is 0 Å². The van der Waals surface area contributed by atoms with Crippen molar-refractivity contribution in [1.29, 1.82) is 0 Å². The van der Waals surface area contributed by atoms with Crippen molar-refractivity contribution < 1.29 is 19.4 Å². The van der Waals surface area contributed by atoms with E-state index in [-0.39, 0.29) is 30.0 Å². The molecule has 2 unspecified atom stereocenters. The molecule has 2 saturated carbocycles. The van der Waals surface area contributed by atoms with Gasteiger partial charge in [-0.3, -0.25) is 9.69 Å². The van der Waals surface area contributed by atoms with Crippen molar-refractivity contribution in [2.24, 2.45) is 11.8 Å². The van der Waals surface area contributed by atoms with Crippen LogP contribution < -0.4 is 4.90 Å². The fraction of sp³-hybridized carbons (Fsp3) is 0.375. The third kappa shape index (κ3) is 4.69. The molecule has 2 fully saturated rings. The third-order valence-electron chi connectivity index (χ3n) is 8.53. The third-order valence-corrected chi connectivity index (χ3v) is 8.53. The van der Waals surface area contributed by atoms with Crippen molar-refractivity contribution in [1.82, 2.24) is 4.90 Å². The van der Waals surface area contributed by atoms with Gasteiger partial charge >= 0.3 is 6.09 Å². The molecule has 196 valence electrons. The van der Waals surface area contributed by atoms with Crippen molar-refractivity contribution >= 4 is 17.7 Å². The van der Waals surface area contributed by atoms with Gasteiger partial charge in [0, 0.05) is 35.9 Å². The average molecular weight is 511 g/mol. The molecule has 38 heavy (non-hydrogen) atoms. The summed E-state index contributed by atoms with van der Waals surface area (Å²) in [5.74, 6) is 0.386. The first-order chi connectivity index (χ1) is 18.6. The predicted octanol–water partition coefficient (Wildman–Crippen LogP) is 6.53. The topological polar surface area (TPSA) is 70.1 Å². The van der Waals surface area contributed by atoms with Gasteiger partial charge in [0.05, 0.1) is 12.6 Å². The van der Waals surface area contributed by atoms with Gasteiger partial charge in [-0.15, -0.1) is 0 Å². The Balaban J connectivity index is 1.22. The molecule has 2 amide bonds. The molecule has 3 aromatic rings. The Morgan fingerprint density at radius 2 is 1.63 bits per heavy atom. The van der Waals surface area contributed by atoms with Crippen LogP contribution in [0.2, 0.25) is 0 Å². The van der Waals surface area contributed by atoms with Gasteiger partial charge in [-0.2, -0.15) is 0 Å². The van der Waals surface area contributed by atoms with E-state index in [1.807, 2.05) is 77.7 Å². The molecular weight excluding hydrogens is 476 g/mol. The molecule has 0 bridgehead atoms. The van der Waals surface area contributed by atoms with Crippen LogP contribution in [0.4, 0.5) is 10.5 Å². The van der Waals surface area contributed by atoms with Crippen LogP contribution in [-0.4, -0.2) is 40.7 Å². The summed E-state index contributed by atoms with van der Waals surface area (Å²) in [4.78, 5) is 30.2. The molecule has 5 atom stereocenters. The molecule has 2 aliphatic carbocycles. The summed E-state index contributed by atoms with van der Waals surface area (Å²) in [5.41, 5.74) is 3.62. The Labute approximate surface area is 223 Å². The highest BCUT2D eigenvalue weighted by Gasteiger charge is 2.54. The standard InChI is InChI=1S/C32H34N2O4/c35-31(23-12-5-2-6-13-23)33-27-16-8-7-14-25(27)30(26-15-9-17-28(26)33)34(32(36)37)29-20-24(29)18-19-38-21-22-10-3-1-4-11-22/h1-8,10-14,16,24,26,28-30H,9,15,17-21H2,(H,36,37)/t24?,26-,28+,29?,30-/m0/s1. The van der Waals surface area contributed by atoms with E-state index >= 15 is 0 Å². The van der Waals surface area contributed by atoms with E-state index in [0.717, 1.165) is 48.9 Å². The van der Waals surface area contributed by atoms with Crippen LogP contribution in [0.25, 0.3) is 0 Å². The first kappa shape index (κ1) is 24.7. The number of rotatable bonds is 8. The summed E-state index contributed by atoms with van der Waals surface area (Å²) < 4.78 is 5.90. The lowest BCUT2D eigenvalue weighted by atomic mass is 9.81. The van der Waals surface area contributed by atoms with Gasteiger partial charge in [0.15, 0.2) is 0 Å². The highest BCUT2D eigenvalue weighted by atomic mass is 16.5. The first-order valence-corrected chi connectivity index (χ1v) is 13.7. The number of amides is 2. The second-order valence-corrected chi connectivity index (χ2v) is 10.8. The molecule has 3 aliphatic rings. The fourth-order valence-electron chi connectivity index (χ4n) is 6.71. The molecular formula is C32H34N2O4. The minimum absolute atomic E-state index is 0.00383. The Kier molecular flexibility index (Phi) is 6.90. The zero-order valence-corrected chi connectivity index (χ0v) is 21.5. The van der Waals surface area contributed by atoms with Gasteiger partial charge < -0.3 is 14.7 Å². The number of hydrogen-bond acceptors (Lipinski definition) is 3. The number of benzene rings is 3. The van der Waals surface area contributed by atoms with Crippen LogP contribution in [0.5, 0.6) is 0 Å². The molecule has 1 aliphatic heterocycles.